The number of aryl methyl sites for hydroxylation is 1. The monoisotopic (exact) mass is 435 g/mol. The number of hydrogen-bond acceptors (Lipinski definition) is 2. The van der Waals surface area contributed by atoms with Crippen molar-refractivity contribution < 1.29 is 0 Å². The predicted molar refractivity (Wildman–Crippen MR) is 112 cm³/mol. The van der Waals surface area contributed by atoms with E-state index in [2.05, 4.69) is 73.0 Å². The number of aliphatic imine (C=N–C) groups is 1. The van der Waals surface area contributed by atoms with Crippen molar-refractivity contribution in [2.75, 3.05) is 19.8 Å². The molecule has 1 aromatic rings. The zero-order valence-electron chi connectivity index (χ0n) is 14.3. The lowest BCUT2D eigenvalue weighted by Crippen LogP contribution is -2.46. The van der Waals surface area contributed by atoms with Crippen LogP contribution in [0.5, 0.6) is 0 Å². The minimum Gasteiger partial charge on any atom is -0.355 e. The minimum atomic E-state index is 0. The van der Waals surface area contributed by atoms with Crippen LogP contribution in [0.25, 0.3) is 0 Å². The normalized spacial score (nSPS) is 13.2. The van der Waals surface area contributed by atoms with Gasteiger partial charge in [-0.1, -0.05) is 30.3 Å². The number of guanidine groups is 1. The fourth-order valence-corrected chi connectivity index (χ4v) is 2.11. The molecule has 5 heteroatoms. The van der Waals surface area contributed by atoms with Gasteiger partial charge in [0, 0.05) is 24.4 Å². The summed E-state index contributed by atoms with van der Waals surface area (Å²) in [6.07, 6.45) is 4.32. The van der Waals surface area contributed by atoms with Gasteiger partial charge in [0.05, 0.1) is 0 Å². The molecule has 22 heavy (non-hydrogen) atoms. The highest BCUT2D eigenvalue weighted by atomic mass is 127. The van der Waals surface area contributed by atoms with Gasteiger partial charge in [-0.25, -0.2) is 0 Å². The van der Waals surface area contributed by atoms with E-state index in [0.29, 0.717) is 6.04 Å². The Labute approximate surface area is 157 Å². The molecule has 126 valence electrons. The van der Waals surface area contributed by atoms with Gasteiger partial charge in [-0.05, 0) is 45.4 Å². The average molecular weight is 435 g/mol. The number of nitrogens with one attached hydrogen (secondary N) is 2. The molecule has 1 unspecified atom stereocenters. The molecule has 0 saturated carbocycles. The van der Waals surface area contributed by atoms with E-state index in [1.165, 1.54) is 5.56 Å². The van der Waals surface area contributed by atoms with Crippen LogP contribution in [0.15, 0.2) is 35.3 Å². The molecule has 0 heterocycles. The summed E-state index contributed by atoms with van der Waals surface area (Å²) in [6.45, 7) is 7.57. The molecule has 0 saturated heterocycles. The van der Waals surface area contributed by atoms with E-state index >= 15 is 0 Å². The molecule has 0 radical (unpaired) electrons. The number of nitrogens with zero attached hydrogens (tertiary/aromatic N) is 1. The van der Waals surface area contributed by atoms with Crippen molar-refractivity contribution in [1.29, 1.82) is 0 Å². The molecule has 2 N–H and O–H groups in total. The maximum Gasteiger partial charge on any atom is 0.191 e. The molecule has 1 rings (SSSR count). The molecular weight excluding hydrogens is 405 g/mol. The second-order valence-corrected chi connectivity index (χ2v) is 7.47. The van der Waals surface area contributed by atoms with Crippen LogP contribution < -0.4 is 10.6 Å². The molecule has 0 fully saturated rings. The van der Waals surface area contributed by atoms with Crippen molar-refractivity contribution in [1.82, 2.24) is 10.6 Å². The van der Waals surface area contributed by atoms with Crippen molar-refractivity contribution in [3.63, 3.8) is 0 Å². The van der Waals surface area contributed by atoms with Crippen molar-refractivity contribution in [2.45, 2.75) is 44.4 Å². The van der Waals surface area contributed by atoms with Crippen LogP contribution >= 0.6 is 35.7 Å². The number of halogens is 1. The second kappa shape index (κ2) is 11.2. The molecule has 1 atom stereocenters. The van der Waals surface area contributed by atoms with Crippen molar-refractivity contribution in [2.24, 2.45) is 4.99 Å². The highest BCUT2D eigenvalue weighted by Crippen LogP contribution is 2.19. The molecule has 0 bridgehead atoms. The van der Waals surface area contributed by atoms with Crippen LogP contribution in [0.4, 0.5) is 0 Å². The molecular formula is C17H30IN3S. The zero-order chi connectivity index (χ0) is 15.7. The first kappa shape index (κ1) is 21.6. The molecule has 0 spiro atoms. The predicted octanol–water partition coefficient (Wildman–Crippen LogP) is 3.93. The summed E-state index contributed by atoms with van der Waals surface area (Å²) in [7, 11) is 1.82. The summed E-state index contributed by atoms with van der Waals surface area (Å²) < 4.78 is 0.213. The quantitative estimate of drug-likeness (QED) is 0.387. The van der Waals surface area contributed by atoms with Crippen molar-refractivity contribution >= 4 is 41.7 Å². The lowest BCUT2D eigenvalue weighted by molar-refractivity contribution is 0.584. The van der Waals surface area contributed by atoms with Crippen LogP contribution in [-0.2, 0) is 6.42 Å². The van der Waals surface area contributed by atoms with Crippen LogP contribution in [0.3, 0.4) is 0 Å². The smallest absolute Gasteiger partial charge is 0.191 e. The molecule has 0 aliphatic carbocycles. The van der Waals surface area contributed by atoms with E-state index in [4.69, 9.17) is 0 Å². The molecule has 3 nitrogen and oxygen atoms in total. The Morgan fingerprint density at radius 3 is 2.45 bits per heavy atom. The third-order valence-electron chi connectivity index (χ3n) is 3.55. The van der Waals surface area contributed by atoms with Gasteiger partial charge in [0.15, 0.2) is 5.96 Å². The fraction of sp³-hybridized carbons (Fsp3) is 0.588. The van der Waals surface area contributed by atoms with Gasteiger partial charge in [0.2, 0.25) is 0 Å². The van der Waals surface area contributed by atoms with Crippen LogP contribution in [0, 0.1) is 0 Å². The van der Waals surface area contributed by atoms with E-state index in [1.54, 1.807) is 0 Å². The second-order valence-electron chi connectivity index (χ2n) is 5.96. The van der Waals surface area contributed by atoms with Crippen molar-refractivity contribution in [3.8, 4) is 0 Å². The van der Waals surface area contributed by atoms with Gasteiger partial charge in [0.25, 0.3) is 0 Å². The first-order valence-electron chi connectivity index (χ1n) is 7.53. The van der Waals surface area contributed by atoms with Crippen LogP contribution in [0.2, 0.25) is 0 Å². The molecule has 0 aliphatic heterocycles. The first-order chi connectivity index (χ1) is 9.96. The van der Waals surface area contributed by atoms with Gasteiger partial charge in [0.1, 0.15) is 0 Å². The third-order valence-corrected chi connectivity index (χ3v) is 4.80. The summed E-state index contributed by atoms with van der Waals surface area (Å²) in [4.78, 5) is 4.31. The highest BCUT2D eigenvalue weighted by Gasteiger charge is 2.16. The summed E-state index contributed by atoms with van der Waals surface area (Å²) in [5.74, 6) is 0.887. The number of rotatable bonds is 7. The molecule has 0 aliphatic rings. The van der Waals surface area contributed by atoms with Gasteiger partial charge >= 0.3 is 0 Å². The number of benzene rings is 1. The SMILES string of the molecule is CN=C(NCC(C)(C)SC)NC(C)CCc1ccccc1.I. The summed E-state index contributed by atoms with van der Waals surface area (Å²) in [6, 6.07) is 11.0. The minimum absolute atomic E-state index is 0. The molecule has 0 amide bonds. The van der Waals surface area contributed by atoms with Gasteiger partial charge in [-0.3, -0.25) is 4.99 Å². The summed E-state index contributed by atoms with van der Waals surface area (Å²) in [5, 5.41) is 6.87. The molecule has 0 aromatic heterocycles. The van der Waals surface area contributed by atoms with Crippen LogP contribution in [-0.4, -0.2) is 36.6 Å². The maximum absolute atomic E-state index is 4.31. The Hall–Kier alpha value is -0.430. The standard InChI is InChI=1S/C17H29N3S.HI/c1-14(11-12-15-9-7-6-8-10-15)20-16(18-4)19-13-17(2,3)21-5;/h6-10,14H,11-13H2,1-5H3,(H2,18,19,20);1H. The summed E-state index contributed by atoms with van der Waals surface area (Å²) in [5.41, 5.74) is 1.39. The summed E-state index contributed by atoms with van der Waals surface area (Å²) >= 11 is 1.86. The average Bonchev–Trinajstić information content (AvgIpc) is 2.50. The highest BCUT2D eigenvalue weighted by molar-refractivity contribution is 14.0. The fourth-order valence-electron chi connectivity index (χ4n) is 1.90. The van der Waals surface area contributed by atoms with E-state index in [9.17, 15) is 0 Å². The number of thioether (sulfide) groups is 1. The Balaban J connectivity index is 0.00000441. The van der Waals surface area contributed by atoms with Crippen LogP contribution in [0.1, 0.15) is 32.8 Å². The Bertz CT molecular complexity index is 435. The topological polar surface area (TPSA) is 36.4 Å². The van der Waals surface area contributed by atoms with E-state index in [1.807, 2.05) is 18.8 Å². The Morgan fingerprint density at radius 1 is 1.27 bits per heavy atom. The van der Waals surface area contributed by atoms with Crippen molar-refractivity contribution in [3.05, 3.63) is 35.9 Å². The Kier molecular flexibility index (Phi) is 10.9. The van der Waals surface area contributed by atoms with Gasteiger partial charge < -0.3 is 10.6 Å². The van der Waals surface area contributed by atoms with E-state index in [-0.39, 0.29) is 28.7 Å². The zero-order valence-corrected chi connectivity index (χ0v) is 17.5. The third kappa shape index (κ3) is 8.88. The number of hydrogen-bond donors (Lipinski definition) is 2. The van der Waals surface area contributed by atoms with E-state index < -0.39 is 0 Å². The maximum atomic E-state index is 4.31. The lowest BCUT2D eigenvalue weighted by Gasteiger charge is -2.25. The Morgan fingerprint density at radius 2 is 1.91 bits per heavy atom. The molecule has 1 aromatic carbocycles. The van der Waals surface area contributed by atoms with Gasteiger partial charge in [-0.2, -0.15) is 11.8 Å². The van der Waals surface area contributed by atoms with E-state index in [0.717, 1.165) is 25.3 Å². The largest absolute Gasteiger partial charge is 0.355 e. The first-order valence-corrected chi connectivity index (χ1v) is 8.75. The lowest BCUT2D eigenvalue weighted by atomic mass is 10.1. The van der Waals surface area contributed by atoms with Gasteiger partial charge in [-0.15, -0.1) is 24.0 Å².